The Bertz CT molecular complexity index is 648. The van der Waals surface area contributed by atoms with Crippen LogP contribution in [0.15, 0.2) is 18.2 Å². The molecule has 4 rings (SSSR count). The first-order valence-electron chi connectivity index (χ1n) is 10.2. The number of ether oxygens (including phenoxy) is 2. The summed E-state index contributed by atoms with van der Waals surface area (Å²) in [5.74, 6) is 1.98. The number of likely N-dealkylation sites (tertiary alicyclic amines) is 2. The molecule has 0 spiro atoms. The van der Waals surface area contributed by atoms with Gasteiger partial charge in [-0.3, -0.25) is 9.69 Å². The molecule has 2 fully saturated rings. The van der Waals surface area contributed by atoms with E-state index in [4.69, 9.17) is 9.47 Å². The lowest BCUT2D eigenvalue weighted by atomic mass is 9.99. The molecule has 0 unspecified atom stereocenters. The quantitative estimate of drug-likeness (QED) is 0.827. The van der Waals surface area contributed by atoms with Crippen LogP contribution >= 0.6 is 0 Å². The molecule has 0 N–H and O–H groups in total. The van der Waals surface area contributed by atoms with Crippen LogP contribution < -0.4 is 9.47 Å². The molecule has 1 amide bonds. The predicted molar refractivity (Wildman–Crippen MR) is 101 cm³/mol. The van der Waals surface area contributed by atoms with Crippen LogP contribution in [0.4, 0.5) is 0 Å². The van der Waals surface area contributed by atoms with Gasteiger partial charge in [-0.1, -0.05) is 13.0 Å². The third-order valence-corrected chi connectivity index (χ3v) is 6.07. The minimum Gasteiger partial charge on any atom is -0.486 e. The molecule has 1 aromatic rings. The highest BCUT2D eigenvalue weighted by molar-refractivity contribution is 5.78. The number of hydrogen-bond donors (Lipinski definition) is 0. The number of carbonyl (C=O) groups is 1. The van der Waals surface area contributed by atoms with Gasteiger partial charge in [0.2, 0.25) is 5.91 Å². The Labute approximate surface area is 156 Å². The van der Waals surface area contributed by atoms with Crippen LogP contribution in [0.5, 0.6) is 11.5 Å². The summed E-state index contributed by atoms with van der Waals surface area (Å²) in [5.41, 5.74) is 1.24. The highest BCUT2D eigenvalue weighted by atomic mass is 16.6. The summed E-state index contributed by atoms with van der Waals surface area (Å²) in [6.45, 7) is 5.89. The lowest BCUT2D eigenvalue weighted by molar-refractivity contribution is -0.136. The zero-order valence-electron chi connectivity index (χ0n) is 15.8. The molecule has 3 heterocycles. The molecule has 0 bridgehead atoms. The molecule has 2 saturated heterocycles. The molecule has 1 aromatic carbocycles. The molecule has 5 nitrogen and oxygen atoms in total. The largest absolute Gasteiger partial charge is 0.486 e. The second kappa shape index (κ2) is 7.87. The Morgan fingerprint density at radius 1 is 1.08 bits per heavy atom. The van der Waals surface area contributed by atoms with Gasteiger partial charge in [-0.2, -0.15) is 0 Å². The Kier molecular flexibility index (Phi) is 5.34. The molecule has 0 aromatic heterocycles. The van der Waals surface area contributed by atoms with Gasteiger partial charge in [0.15, 0.2) is 11.5 Å². The second-order valence-corrected chi connectivity index (χ2v) is 7.68. The van der Waals surface area contributed by atoms with Crippen molar-refractivity contribution in [3.05, 3.63) is 23.8 Å². The number of benzene rings is 1. The van der Waals surface area contributed by atoms with E-state index in [1.54, 1.807) is 0 Å². The van der Waals surface area contributed by atoms with Crippen molar-refractivity contribution in [3.8, 4) is 11.5 Å². The maximum Gasteiger partial charge on any atom is 0.237 e. The van der Waals surface area contributed by atoms with Crippen molar-refractivity contribution in [2.24, 2.45) is 0 Å². The van der Waals surface area contributed by atoms with Crippen molar-refractivity contribution >= 4 is 5.91 Å². The van der Waals surface area contributed by atoms with E-state index < -0.39 is 0 Å². The van der Waals surface area contributed by atoms with Crippen molar-refractivity contribution in [2.45, 2.75) is 57.5 Å². The molecule has 2 atom stereocenters. The van der Waals surface area contributed by atoms with E-state index in [-0.39, 0.29) is 0 Å². The van der Waals surface area contributed by atoms with Crippen LogP contribution in [0, 0.1) is 0 Å². The highest BCUT2D eigenvalue weighted by Crippen LogP contribution is 2.38. The summed E-state index contributed by atoms with van der Waals surface area (Å²) >= 11 is 0. The Morgan fingerprint density at radius 3 is 2.77 bits per heavy atom. The fourth-order valence-corrected chi connectivity index (χ4v) is 4.68. The van der Waals surface area contributed by atoms with Crippen molar-refractivity contribution in [1.82, 2.24) is 9.80 Å². The minimum atomic E-state index is 0.305. The van der Waals surface area contributed by atoms with Gasteiger partial charge in [0, 0.05) is 18.6 Å². The maximum atomic E-state index is 13.0. The number of hydrogen-bond acceptors (Lipinski definition) is 4. The van der Waals surface area contributed by atoms with Gasteiger partial charge in [0.1, 0.15) is 13.2 Å². The summed E-state index contributed by atoms with van der Waals surface area (Å²) in [6.07, 6.45) is 6.87. The number of carbonyl (C=O) groups excluding carboxylic acids is 1. The molecule has 5 heteroatoms. The number of piperidine rings is 1. The summed E-state index contributed by atoms with van der Waals surface area (Å²) in [7, 11) is 0. The fraction of sp³-hybridized carbons (Fsp3) is 0.667. The average molecular weight is 358 g/mol. The number of nitrogens with zero attached hydrogens (tertiary/aromatic N) is 2. The van der Waals surface area contributed by atoms with Gasteiger partial charge < -0.3 is 14.4 Å². The summed E-state index contributed by atoms with van der Waals surface area (Å²) in [5, 5.41) is 0. The SMILES string of the molecule is CC[C@H]1CCCCN1C(=O)CN1CCC[C@H]1c1ccc2c(c1)OCCO2. The maximum absolute atomic E-state index is 13.0. The molecule has 26 heavy (non-hydrogen) atoms. The van der Waals surface area contributed by atoms with Crippen molar-refractivity contribution in [3.63, 3.8) is 0 Å². The Balaban J connectivity index is 1.45. The molecule has 0 aliphatic carbocycles. The van der Waals surface area contributed by atoms with E-state index in [9.17, 15) is 4.79 Å². The zero-order valence-corrected chi connectivity index (χ0v) is 15.8. The van der Waals surface area contributed by atoms with Gasteiger partial charge >= 0.3 is 0 Å². The predicted octanol–water partition coefficient (Wildman–Crippen LogP) is 3.39. The van der Waals surface area contributed by atoms with Gasteiger partial charge in [-0.05, 0) is 62.8 Å². The first-order valence-corrected chi connectivity index (χ1v) is 10.2. The molecule has 0 radical (unpaired) electrons. The van der Waals surface area contributed by atoms with Crippen LogP contribution in [-0.4, -0.2) is 54.6 Å². The van der Waals surface area contributed by atoms with Crippen LogP contribution in [0.2, 0.25) is 0 Å². The van der Waals surface area contributed by atoms with E-state index in [1.807, 2.05) is 6.07 Å². The number of rotatable bonds is 4. The zero-order chi connectivity index (χ0) is 17.9. The Morgan fingerprint density at radius 2 is 1.92 bits per heavy atom. The van der Waals surface area contributed by atoms with Gasteiger partial charge in [0.05, 0.1) is 6.54 Å². The van der Waals surface area contributed by atoms with E-state index in [0.29, 0.717) is 37.7 Å². The smallest absolute Gasteiger partial charge is 0.237 e. The standard InChI is InChI=1S/C21H30N2O3/c1-2-17-6-3-4-11-23(17)21(24)15-22-10-5-7-18(22)16-8-9-19-20(14-16)26-13-12-25-19/h8-9,14,17-18H,2-7,10-13,15H2,1H3/t17-,18-/m0/s1. The number of amides is 1. The van der Waals surface area contributed by atoms with Crippen LogP contribution in [0.1, 0.15) is 57.1 Å². The molecule has 3 aliphatic rings. The first-order chi connectivity index (χ1) is 12.8. The lowest BCUT2D eigenvalue weighted by Crippen LogP contribution is -2.47. The summed E-state index contributed by atoms with van der Waals surface area (Å²) in [4.78, 5) is 17.5. The second-order valence-electron chi connectivity index (χ2n) is 7.68. The summed E-state index contributed by atoms with van der Waals surface area (Å²) in [6, 6.07) is 7.00. The molecular formula is C21H30N2O3. The van der Waals surface area contributed by atoms with Gasteiger partial charge in [0.25, 0.3) is 0 Å². The lowest BCUT2D eigenvalue weighted by Gasteiger charge is -2.37. The monoisotopic (exact) mass is 358 g/mol. The molecular weight excluding hydrogens is 328 g/mol. The molecule has 142 valence electrons. The average Bonchev–Trinajstić information content (AvgIpc) is 3.15. The highest BCUT2D eigenvalue weighted by Gasteiger charge is 2.32. The molecule has 3 aliphatic heterocycles. The summed E-state index contributed by atoms with van der Waals surface area (Å²) < 4.78 is 11.4. The first kappa shape index (κ1) is 17.7. The van der Waals surface area contributed by atoms with Crippen molar-refractivity contribution in [1.29, 1.82) is 0 Å². The van der Waals surface area contributed by atoms with Crippen molar-refractivity contribution in [2.75, 3.05) is 32.8 Å². The van der Waals surface area contributed by atoms with Gasteiger partial charge in [-0.25, -0.2) is 0 Å². The minimum absolute atomic E-state index is 0.305. The van der Waals surface area contributed by atoms with Crippen LogP contribution in [-0.2, 0) is 4.79 Å². The topological polar surface area (TPSA) is 42.0 Å². The van der Waals surface area contributed by atoms with Crippen molar-refractivity contribution < 1.29 is 14.3 Å². The van der Waals surface area contributed by atoms with E-state index in [0.717, 1.165) is 56.7 Å². The van der Waals surface area contributed by atoms with E-state index in [2.05, 4.69) is 28.9 Å². The normalized spacial score (nSPS) is 26.1. The van der Waals surface area contributed by atoms with Gasteiger partial charge in [-0.15, -0.1) is 0 Å². The molecule has 0 saturated carbocycles. The van der Waals surface area contributed by atoms with E-state index in [1.165, 1.54) is 12.0 Å². The Hall–Kier alpha value is -1.75. The van der Waals surface area contributed by atoms with Crippen LogP contribution in [0.25, 0.3) is 0 Å². The third-order valence-electron chi connectivity index (χ3n) is 6.07. The fourth-order valence-electron chi connectivity index (χ4n) is 4.68. The third kappa shape index (κ3) is 3.54. The van der Waals surface area contributed by atoms with Crippen LogP contribution in [0.3, 0.4) is 0 Å². The number of fused-ring (bicyclic) bond motifs is 1. The van der Waals surface area contributed by atoms with E-state index >= 15 is 0 Å².